The number of rotatable bonds is 5. The van der Waals surface area contributed by atoms with E-state index in [2.05, 4.69) is 84.6 Å². The fraction of sp³-hybridized carbons (Fsp3) is 0.364. The molecule has 0 radical (unpaired) electrons. The topological polar surface area (TPSA) is 26.7 Å². The lowest BCUT2D eigenvalue weighted by atomic mass is 9.77. The van der Waals surface area contributed by atoms with Gasteiger partial charge in [-0.3, -0.25) is 9.80 Å². The van der Waals surface area contributed by atoms with Crippen LogP contribution in [0, 0.1) is 0 Å². The van der Waals surface area contributed by atoms with Crippen LogP contribution in [-0.2, 0) is 5.54 Å². The van der Waals surface area contributed by atoms with Gasteiger partial charge < -0.3 is 5.11 Å². The van der Waals surface area contributed by atoms with Crippen LogP contribution in [0.1, 0.15) is 17.5 Å². The number of aliphatic hydroxyl groups is 1. The molecular formula is C22H28N2O. The molecule has 1 fully saturated rings. The lowest BCUT2D eigenvalue weighted by molar-refractivity contribution is -0.0658. The minimum Gasteiger partial charge on any atom is -0.389 e. The third-order valence-electron chi connectivity index (χ3n) is 5.34. The SMILES string of the molecule is CN(C)[C@]1(c2ccccc2)CCN(C/C=C/c2ccccc2)C[C@H]1O. The van der Waals surface area contributed by atoms with Crippen molar-refractivity contribution in [2.75, 3.05) is 33.7 Å². The summed E-state index contributed by atoms with van der Waals surface area (Å²) in [6.07, 6.45) is 4.85. The Morgan fingerprint density at radius 3 is 2.32 bits per heavy atom. The van der Waals surface area contributed by atoms with Crippen LogP contribution in [0.5, 0.6) is 0 Å². The van der Waals surface area contributed by atoms with Crippen molar-refractivity contribution in [2.45, 2.75) is 18.1 Å². The second-order valence-electron chi connectivity index (χ2n) is 7.02. The molecule has 1 aliphatic rings. The van der Waals surface area contributed by atoms with E-state index in [9.17, 15) is 5.11 Å². The highest BCUT2D eigenvalue weighted by Gasteiger charge is 2.45. The van der Waals surface area contributed by atoms with Crippen LogP contribution in [0.25, 0.3) is 6.08 Å². The summed E-state index contributed by atoms with van der Waals surface area (Å²) in [5.41, 5.74) is 2.11. The lowest BCUT2D eigenvalue weighted by Crippen LogP contribution is -2.60. The highest BCUT2D eigenvalue weighted by molar-refractivity contribution is 5.48. The Labute approximate surface area is 151 Å². The summed E-state index contributed by atoms with van der Waals surface area (Å²) in [5, 5.41) is 11.0. The first-order valence-corrected chi connectivity index (χ1v) is 8.98. The van der Waals surface area contributed by atoms with Crippen molar-refractivity contribution >= 4 is 6.08 Å². The average molecular weight is 336 g/mol. The Kier molecular flexibility index (Phi) is 5.69. The molecule has 2 aromatic rings. The Balaban J connectivity index is 1.68. The third-order valence-corrected chi connectivity index (χ3v) is 5.34. The molecule has 1 heterocycles. The lowest BCUT2D eigenvalue weighted by Gasteiger charge is -2.49. The normalized spacial score (nSPS) is 24.9. The number of likely N-dealkylation sites (N-methyl/N-ethyl adjacent to an activating group) is 1. The number of benzene rings is 2. The molecule has 25 heavy (non-hydrogen) atoms. The summed E-state index contributed by atoms with van der Waals surface area (Å²) in [7, 11) is 4.14. The molecule has 0 aromatic heterocycles. The summed E-state index contributed by atoms with van der Waals surface area (Å²) in [6.45, 7) is 2.53. The van der Waals surface area contributed by atoms with Gasteiger partial charge in [0.15, 0.2) is 0 Å². The molecule has 0 spiro atoms. The van der Waals surface area contributed by atoms with Crippen LogP contribution in [0.4, 0.5) is 0 Å². The molecule has 3 rings (SSSR count). The van der Waals surface area contributed by atoms with Gasteiger partial charge in [-0.15, -0.1) is 0 Å². The number of hydrogen-bond donors (Lipinski definition) is 1. The van der Waals surface area contributed by atoms with Gasteiger partial charge in [0.1, 0.15) is 0 Å². The molecule has 3 nitrogen and oxygen atoms in total. The van der Waals surface area contributed by atoms with Gasteiger partial charge in [-0.1, -0.05) is 72.8 Å². The van der Waals surface area contributed by atoms with Crippen molar-refractivity contribution in [2.24, 2.45) is 0 Å². The standard InChI is InChI=1S/C22H28N2O/c1-23(2)22(20-13-7-4-8-14-20)15-17-24(18-21(22)25)16-9-12-19-10-5-3-6-11-19/h3-14,21,25H,15-18H2,1-2H3/b12-9+/t21-,22+/m1/s1. The Morgan fingerprint density at radius 1 is 1.08 bits per heavy atom. The first kappa shape index (κ1) is 17.9. The predicted octanol–water partition coefficient (Wildman–Crippen LogP) is 3.22. The van der Waals surface area contributed by atoms with E-state index in [1.54, 1.807) is 0 Å². The highest BCUT2D eigenvalue weighted by atomic mass is 16.3. The number of piperidine rings is 1. The molecule has 2 aromatic carbocycles. The van der Waals surface area contributed by atoms with Crippen molar-refractivity contribution in [1.29, 1.82) is 0 Å². The van der Waals surface area contributed by atoms with Crippen LogP contribution in [-0.4, -0.2) is 54.7 Å². The van der Waals surface area contributed by atoms with Crippen LogP contribution in [0.15, 0.2) is 66.7 Å². The zero-order chi connectivity index (χ0) is 17.7. The maximum absolute atomic E-state index is 11.0. The number of β-amino-alcohol motifs (C(OH)–C–C–N with tert-alkyl or cyclic N) is 1. The Bertz CT molecular complexity index is 684. The van der Waals surface area contributed by atoms with Gasteiger partial charge in [-0.25, -0.2) is 0 Å². The number of hydrogen-bond acceptors (Lipinski definition) is 3. The minimum atomic E-state index is -0.413. The van der Waals surface area contributed by atoms with Crippen molar-refractivity contribution in [3.63, 3.8) is 0 Å². The molecular weight excluding hydrogens is 308 g/mol. The second kappa shape index (κ2) is 7.96. The largest absolute Gasteiger partial charge is 0.389 e. The van der Waals surface area contributed by atoms with Gasteiger partial charge in [0.05, 0.1) is 11.6 Å². The first-order valence-electron chi connectivity index (χ1n) is 8.98. The van der Waals surface area contributed by atoms with E-state index in [0.29, 0.717) is 6.54 Å². The Morgan fingerprint density at radius 2 is 1.72 bits per heavy atom. The molecule has 2 atom stereocenters. The quantitative estimate of drug-likeness (QED) is 0.908. The fourth-order valence-corrected chi connectivity index (χ4v) is 3.89. The molecule has 0 saturated carbocycles. The predicted molar refractivity (Wildman–Crippen MR) is 104 cm³/mol. The van der Waals surface area contributed by atoms with E-state index in [1.165, 1.54) is 11.1 Å². The molecule has 0 aliphatic carbocycles. The van der Waals surface area contributed by atoms with Gasteiger partial charge in [0.2, 0.25) is 0 Å². The van der Waals surface area contributed by atoms with E-state index < -0.39 is 6.10 Å². The molecule has 1 aliphatic heterocycles. The smallest absolute Gasteiger partial charge is 0.0892 e. The van der Waals surface area contributed by atoms with Crippen LogP contribution >= 0.6 is 0 Å². The molecule has 0 amide bonds. The van der Waals surface area contributed by atoms with Crippen LogP contribution < -0.4 is 0 Å². The van der Waals surface area contributed by atoms with Gasteiger partial charge in [0, 0.05) is 19.6 Å². The first-order chi connectivity index (χ1) is 12.1. The maximum Gasteiger partial charge on any atom is 0.0892 e. The van der Waals surface area contributed by atoms with Crippen LogP contribution in [0.2, 0.25) is 0 Å². The zero-order valence-electron chi connectivity index (χ0n) is 15.2. The van der Waals surface area contributed by atoms with E-state index in [0.717, 1.165) is 19.5 Å². The average Bonchev–Trinajstić information content (AvgIpc) is 2.63. The number of nitrogens with zero attached hydrogens (tertiary/aromatic N) is 2. The summed E-state index contributed by atoms with van der Waals surface area (Å²) < 4.78 is 0. The highest BCUT2D eigenvalue weighted by Crippen LogP contribution is 2.37. The van der Waals surface area contributed by atoms with Gasteiger partial charge in [-0.2, -0.15) is 0 Å². The molecule has 0 bridgehead atoms. The maximum atomic E-state index is 11.0. The summed E-state index contributed by atoms with van der Waals surface area (Å²) >= 11 is 0. The number of aliphatic hydroxyl groups excluding tert-OH is 1. The molecule has 1 N–H and O–H groups in total. The van der Waals surface area contributed by atoms with Crippen molar-refractivity contribution in [3.8, 4) is 0 Å². The van der Waals surface area contributed by atoms with Gasteiger partial charge in [-0.05, 0) is 31.6 Å². The fourth-order valence-electron chi connectivity index (χ4n) is 3.89. The molecule has 132 valence electrons. The van der Waals surface area contributed by atoms with Crippen molar-refractivity contribution in [1.82, 2.24) is 9.80 Å². The van der Waals surface area contributed by atoms with Gasteiger partial charge >= 0.3 is 0 Å². The van der Waals surface area contributed by atoms with E-state index in [-0.39, 0.29) is 5.54 Å². The zero-order valence-corrected chi connectivity index (χ0v) is 15.2. The number of likely N-dealkylation sites (tertiary alicyclic amines) is 1. The molecule has 3 heteroatoms. The minimum absolute atomic E-state index is 0.305. The van der Waals surface area contributed by atoms with Crippen molar-refractivity contribution < 1.29 is 5.11 Å². The third kappa shape index (κ3) is 3.84. The Hall–Kier alpha value is -1.94. The van der Waals surface area contributed by atoms with E-state index in [4.69, 9.17) is 0 Å². The van der Waals surface area contributed by atoms with Crippen molar-refractivity contribution in [3.05, 3.63) is 77.9 Å². The molecule has 1 saturated heterocycles. The summed E-state index contributed by atoms with van der Waals surface area (Å²) in [6, 6.07) is 20.8. The summed E-state index contributed by atoms with van der Waals surface area (Å²) in [4.78, 5) is 4.51. The molecule has 0 unspecified atom stereocenters. The monoisotopic (exact) mass is 336 g/mol. The van der Waals surface area contributed by atoms with Crippen LogP contribution in [0.3, 0.4) is 0 Å². The van der Waals surface area contributed by atoms with E-state index in [1.807, 2.05) is 12.1 Å². The summed E-state index contributed by atoms with van der Waals surface area (Å²) in [5.74, 6) is 0. The van der Waals surface area contributed by atoms with Gasteiger partial charge in [0.25, 0.3) is 0 Å². The van der Waals surface area contributed by atoms with E-state index >= 15 is 0 Å². The second-order valence-corrected chi connectivity index (χ2v) is 7.02.